The molecule has 0 unspecified atom stereocenters. The molecule has 8 rings (SSSR count). The van der Waals surface area contributed by atoms with Crippen LogP contribution in [0, 0.1) is 5.41 Å². The zero-order valence-electron chi connectivity index (χ0n) is 70.6. The van der Waals surface area contributed by atoms with Crippen molar-refractivity contribution in [2.24, 2.45) is 5.41 Å². The Hall–Kier alpha value is -12.0. The molecule has 20 atom stereocenters. The van der Waals surface area contributed by atoms with Gasteiger partial charge in [-0.05, 0) is 0 Å². The Morgan fingerprint density at radius 3 is 0.560 bits per heavy atom. The van der Waals surface area contributed by atoms with Gasteiger partial charge in [0.2, 0.25) is 0 Å². The van der Waals surface area contributed by atoms with E-state index in [1.807, 2.05) is 0 Å². The van der Waals surface area contributed by atoms with Crippen molar-refractivity contribution in [3.8, 4) is 0 Å². The van der Waals surface area contributed by atoms with Crippen LogP contribution < -0.4 is 0 Å². The molecule has 4 aliphatic heterocycles. The highest BCUT2D eigenvalue weighted by molar-refractivity contribution is 5.73. The summed E-state index contributed by atoms with van der Waals surface area (Å²) >= 11 is 0. The standard InChI is InChI=1S/C77H96N4O44/c1-33(82)102-25-57-65(106-37(5)86)73(114-45(13)94)69(110-41(9)90)61(118-57)53-17-49(122-78-53)21-98-29-77(30-99-22-50-18-54(79-123-50)62-70(111-42(10)91)74(115-46(14)95)66(107-38(6)87)58(119-62)26-103-34(2)83,31-100-23-51-19-55(80-124-51)63-71(112-43(11)92)75(116-47(15)96)67(108-39(7)88)59(120-63)27-104-35(3)84)32-101-24-52-20-56(81-125-52)64-72(113-44(12)93)76(117-48(16)97)68(109-40(8)89)60(121-64)28-105-36(4)85/h17-20,57-76H,21-32H2,1-16H3/t57-,58-,59-,60-,61+,62+,63+,64+,65+,66+,67+,68+,69+,70+,71+,72+,73+,74+,75+,76+/m1/s1. The largest absolute Gasteiger partial charge is 0.463 e. The van der Waals surface area contributed by atoms with Crippen molar-refractivity contribution < 1.29 is 208 Å². The molecule has 0 radical (unpaired) electrons. The predicted octanol–water partition coefficient (Wildman–Crippen LogP) is 1.98. The Morgan fingerprint density at radius 1 is 0.240 bits per heavy atom. The van der Waals surface area contributed by atoms with E-state index in [9.17, 15) is 76.7 Å². The lowest BCUT2D eigenvalue weighted by molar-refractivity contribution is -0.255. The van der Waals surface area contributed by atoms with Crippen LogP contribution in [0.5, 0.6) is 0 Å². The van der Waals surface area contributed by atoms with Crippen molar-refractivity contribution in [2.45, 2.75) is 259 Å². The highest BCUT2D eigenvalue weighted by atomic mass is 16.7. The number of carbonyl (C=O) groups excluding carboxylic acids is 16. The Kier molecular flexibility index (Phi) is 35.9. The molecule has 0 saturated carbocycles. The van der Waals surface area contributed by atoms with E-state index in [2.05, 4.69) is 20.6 Å². The molecule has 4 aromatic heterocycles. The van der Waals surface area contributed by atoms with Gasteiger partial charge in [-0.3, -0.25) is 76.7 Å². The number of aromatic nitrogens is 4. The molecule has 4 fully saturated rings. The third-order valence-corrected chi connectivity index (χ3v) is 18.0. The van der Waals surface area contributed by atoms with Crippen LogP contribution in [0.15, 0.2) is 42.4 Å². The Labute approximate surface area is 709 Å². The maximum Gasteiger partial charge on any atom is 0.303 e. The zero-order chi connectivity index (χ0) is 91.8. The third-order valence-electron chi connectivity index (χ3n) is 18.0. The summed E-state index contributed by atoms with van der Waals surface area (Å²) in [7, 11) is 0. The summed E-state index contributed by atoms with van der Waals surface area (Å²) in [4.78, 5) is 202. The van der Waals surface area contributed by atoms with Crippen molar-refractivity contribution in [1.29, 1.82) is 0 Å². The summed E-state index contributed by atoms with van der Waals surface area (Å²) in [5.74, 6) is -14.6. The second kappa shape index (κ2) is 45.6. The van der Waals surface area contributed by atoms with Crippen LogP contribution in [0.25, 0.3) is 0 Å². The smallest absolute Gasteiger partial charge is 0.303 e. The summed E-state index contributed by atoms with van der Waals surface area (Å²) in [6.45, 7) is 9.89. The van der Waals surface area contributed by atoms with Gasteiger partial charge in [0, 0.05) is 135 Å². The number of carbonyl (C=O) groups is 16. The first kappa shape index (κ1) is 98.5. The molecule has 48 heteroatoms. The first-order chi connectivity index (χ1) is 59.1. The monoisotopic (exact) mass is 1780 g/mol. The van der Waals surface area contributed by atoms with E-state index in [0.29, 0.717) is 0 Å². The average Bonchev–Trinajstić information content (AvgIpc) is 1.77. The molecular formula is C77H96N4O44. The minimum atomic E-state index is -1.71. The van der Waals surface area contributed by atoms with Gasteiger partial charge < -0.3 is 132 Å². The second-order valence-electron chi connectivity index (χ2n) is 28.8. The molecule has 688 valence electrons. The lowest BCUT2D eigenvalue weighted by Crippen LogP contribution is -2.59. The second-order valence-corrected chi connectivity index (χ2v) is 28.8. The average molecular weight is 1780 g/mol. The number of rotatable bonds is 40. The molecule has 48 nitrogen and oxygen atoms in total. The minimum Gasteiger partial charge on any atom is -0.463 e. The van der Waals surface area contributed by atoms with E-state index in [4.69, 9.17) is 132 Å². The van der Waals surface area contributed by atoms with Gasteiger partial charge >= 0.3 is 95.5 Å². The van der Waals surface area contributed by atoms with Crippen molar-refractivity contribution in [3.63, 3.8) is 0 Å². The number of hydrogen-bond acceptors (Lipinski definition) is 48. The predicted molar refractivity (Wildman–Crippen MR) is 391 cm³/mol. The van der Waals surface area contributed by atoms with Gasteiger partial charge in [-0.25, -0.2) is 0 Å². The first-order valence-corrected chi connectivity index (χ1v) is 38.4. The molecule has 0 bridgehead atoms. The third kappa shape index (κ3) is 29.1. The van der Waals surface area contributed by atoms with E-state index in [1.165, 1.54) is 24.3 Å². The van der Waals surface area contributed by atoms with Crippen molar-refractivity contribution in [3.05, 3.63) is 70.1 Å². The van der Waals surface area contributed by atoms with Crippen LogP contribution in [0.1, 0.15) is 181 Å². The van der Waals surface area contributed by atoms with Crippen LogP contribution in [0.4, 0.5) is 0 Å². The summed E-state index contributed by atoms with van der Waals surface area (Å²) in [5.41, 5.74) is -2.31. The maximum absolute atomic E-state index is 12.9. The summed E-state index contributed by atoms with van der Waals surface area (Å²) < 4.78 is 163. The van der Waals surface area contributed by atoms with Gasteiger partial charge in [0.1, 0.15) is 124 Å². The van der Waals surface area contributed by atoms with E-state index in [1.54, 1.807) is 0 Å². The molecule has 0 spiro atoms. The molecule has 4 aliphatic rings. The molecule has 0 aliphatic carbocycles. The molecule has 125 heavy (non-hydrogen) atoms. The van der Waals surface area contributed by atoms with Crippen molar-refractivity contribution >= 4 is 95.5 Å². The Balaban J connectivity index is 1.21. The Morgan fingerprint density at radius 2 is 0.400 bits per heavy atom. The lowest BCUT2D eigenvalue weighted by atomic mass is 9.92. The van der Waals surface area contributed by atoms with Crippen LogP contribution in [0.2, 0.25) is 0 Å². The minimum absolute atomic E-state index is 0.103. The normalized spacial score (nSPS) is 25.9. The molecule has 0 aromatic carbocycles. The summed E-state index contributed by atoms with van der Waals surface area (Å²) in [6, 6.07) is 5.16. The van der Waals surface area contributed by atoms with Crippen molar-refractivity contribution in [1.82, 2.24) is 20.6 Å². The topological polar surface area (TPSA) is 599 Å². The quantitative estimate of drug-likeness (QED) is 0.0454. The fourth-order valence-electron chi connectivity index (χ4n) is 13.7. The lowest BCUT2D eigenvalue weighted by Gasteiger charge is -2.43. The molecular weight excluding hydrogens is 1680 g/mol. The van der Waals surface area contributed by atoms with Gasteiger partial charge in [-0.1, -0.05) is 20.6 Å². The molecule has 4 aromatic rings. The summed E-state index contributed by atoms with van der Waals surface area (Å²) in [5, 5.41) is 16.7. The highest BCUT2D eigenvalue weighted by Gasteiger charge is 2.58. The first-order valence-electron chi connectivity index (χ1n) is 38.4. The van der Waals surface area contributed by atoms with Crippen LogP contribution in [-0.4, -0.2) is 267 Å². The van der Waals surface area contributed by atoms with Gasteiger partial charge in [0.05, 0.1) is 31.8 Å². The number of hydrogen-bond donors (Lipinski definition) is 0. The molecule has 0 N–H and O–H groups in total. The molecule has 4 saturated heterocycles. The van der Waals surface area contributed by atoms with Crippen LogP contribution in [-0.2, 0) is 217 Å². The van der Waals surface area contributed by atoms with Crippen molar-refractivity contribution in [2.75, 3.05) is 52.9 Å². The Bertz CT molecular complexity index is 3910. The van der Waals surface area contributed by atoms with E-state index < -0.39 is 302 Å². The summed E-state index contributed by atoms with van der Waals surface area (Å²) in [6.07, 6.45) is -31.1. The molecule has 0 amide bonds. The number of nitrogens with zero attached hydrogens (tertiary/aromatic N) is 4. The van der Waals surface area contributed by atoms with E-state index >= 15 is 0 Å². The molecule has 8 heterocycles. The SMILES string of the molecule is CC(=O)OC[C@H]1O[C@@H](c2cc(COCC(COCc3cc([C@@H]4O[C@H](COC(C)=O)[C@H](OC(C)=O)[C@H](OC(C)=O)[C@H]4OC(C)=O)no3)(COCc3cc([C@@H]4O[C@H](COC(C)=O)[C@H](OC(C)=O)[C@H](OC(C)=O)[C@H]4OC(C)=O)no3)COCc3cc([C@@H]4O[C@H](COC(C)=O)[C@H](OC(C)=O)[C@H](OC(C)=O)[C@H]4OC(C)=O)no3)on2)[C@H](OC(C)=O)[C@@H](OC(C)=O)[C@H]1OC(C)=O. The number of esters is 16. The number of ether oxygens (including phenoxy) is 24. The van der Waals surface area contributed by atoms with Crippen LogP contribution in [0.3, 0.4) is 0 Å². The van der Waals surface area contributed by atoms with E-state index in [-0.39, 0.29) is 45.8 Å². The van der Waals surface area contributed by atoms with Gasteiger partial charge in [-0.2, -0.15) is 0 Å². The van der Waals surface area contributed by atoms with E-state index in [0.717, 1.165) is 111 Å². The van der Waals surface area contributed by atoms with Crippen LogP contribution >= 0.6 is 0 Å². The van der Waals surface area contributed by atoms with Gasteiger partial charge in [-0.15, -0.1) is 0 Å². The maximum atomic E-state index is 12.9. The van der Waals surface area contributed by atoms with Gasteiger partial charge in [0.25, 0.3) is 0 Å². The fraction of sp³-hybridized carbons (Fsp3) is 0.636. The zero-order valence-corrected chi connectivity index (χ0v) is 70.6. The highest BCUT2D eigenvalue weighted by Crippen LogP contribution is 2.43. The van der Waals surface area contributed by atoms with Gasteiger partial charge in [0.15, 0.2) is 96.3 Å². The fourth-order valence-corrected chi connectivity index (χ4v) is 13.7.